The monoisotopic (exact) mass is 137 g/mol. The predicted molar refractivity (Wildman–Crippen MR) is 29.7 cm³/mol. The highest BCUT2D eigenvalue weighted by atomic mass is 32.2. The van der Waals surface area contributed by atoms with Crippen LogP contribution in [0, 0.1) is 0 Å². The van der Waals surface area contributed by atoms with Crippen LogP contribution in [0.1, 0.15) is 0 Å². The molecule has 0 aliphatic heterocycles. The molecule has 0 atom stereocenters. The average molecular weight is 137 g/mol. The smallest absolute Gasteiger partial charge is 0.287 e. The zero-order valence-electron chi connectivity index (χ0n) is 4.11. The first kappa shape index (κ1) is 7.61. The van der Waals surface area contributed by atoms with E-state index in [-0.39, 0.29) is 6.54 Å². The van der Waals surface area contributed by atoms with Crippen molar-refractivity contribution in [3.63, 3.8) is 0 Å². The van der Waals surface area contributed by atoms with Crippen LogP contribution in [0.4, 0.5) is 0 Å². The van der Waals surface area contributed by atoms with E-state index in [1.165, 1.54) is 0 Å². The Morgan fingerprint density at radius 1 is 1.62 bits per heavy atom. The number of hydrogen-bond acceptors (Lipinski definition) is 3. The van der Waals surface area contributed by atoms with Crippen molar-refractivity contribution >= 4 is 10.1 Å². The molecule has 48 valence electrons. The third-order valence-corrected chi connectivity index (χ3v) is 0.941. The Morgan fingerprint density at radius 2 is 2.12 bits per heavy atom. The normalized spacial score (nSPS) is 12.8. The minimum atomic E-state index is -3.95. The van der Waals surface area contributed by atoms with E-state index in [2.05, 4.69) is 0 Å². The molecule has 0 saturated heterocycles. The minimum Gasteiger partial charge on any atom is -0.327 e. The summed E-state index contributed by atoms with van der Waals surface area (Å²) in [6, 6.07) is 0. The van der Waals surface area contributed by atoms with Crippen molar-refractivity contribution in [3.8, 4) is 0 Å². The van der Waals surface area contributed by atoms with Gasteiger partial charge in [-0.1, -0.05) is 6.08 Å². The number of nitrogens with two attached hydrogens (primary N) is 1. The van der Waals surface area contributed by atoms with Gasteiger partial charge in [0.2, 0.25) is 0 Å². The first-order valence-electron chi connectivity index (χ1n) is 1.90. The minimum absolute atomic E-state index is 0.111. The summed E-state index contributed by atoms with van der Waals surface area (Å²) in [4.78, 5) is 0. The predicted octanol–water partition coefficient (Wildman–Crippen LogP) is -0.653. The third-order valence-electron chi connectivity index (χ3n) is 0.404. The first-order chi connectivity index (χ1) is 3.56. The summed E-state index contributed by atoms with van der Waals surface area (Å²) in [6.45, 7) is 0.111. The summed E-state index contributed by atoms with van der Waals surface area (Å²) in [5.74, 6) is 0. The molecule has 0 amide bonds. The first-order valence-corrected chi connectivity index (χ1v) is 3.40. The van der Waals surface area contributed by atoms with Crippen LogP contribution in [0.5, 0.6) is 0 Å². The molecule has 3 N–H and O–H groups in total. The molecule has 0 aliphatic rings. The number of rotatable bonds is 2. The second-order valence-electron chi connectivity index (χ2n) is 1.12. The lowest BCUT2D eigenvalue weighted by atomic mass is 10.7. The van der Waals surface area contributed by atoms with E-state index in [0.717, 1.165) is 6.08 Å². The second-order valence-corrected chi connectivity index (χ2v) is 2.42. The van der Waals surface area contributed by atoms with Gasteiger partial charge >= 0.3 is 0 Å². The van der Waals surface area contributed by atoms with Crippen molar-refractivity contribution in [1.29, 1.82) is 0 Å². The highest BCUT2D eigenvalue weighted by molar-refractivity contribution is 7.88. The molecule has 0 aliphatic carbocycles. The summed E-state index contributed by atoms with van der Waals surface area (Å²) in [5.41, 5.74) is 4.87. The second kappa shape index (κ2) is 2.81. The Labute approximate surface area is 47.7 Å². The fourth-order valence-electron chi connectivity index (χ4n) is 0.177. The van der Waals surface area contributed by atoms with Crippen LogP contribution in [0.3, 0.4) is 0 Å². The molecule has 0 heterocycles. The van der Waals surface area contributed by atoms with E-state index in [9.17, 15) is 8.42 Å². The lowest BCUT2D eigenvalue weighted by Crippen LogP contribution is -1.96. The van der Waals surface area contributed by atoms with Gasteiger partial charge in [0.25, 0.3) is 10.1 Å². The maximum Gasteiger partial charge on any atom is 0.287 e. The lowest BCUT2D eigenvalue weighted by molar-refractivity contribution is 0.494. The van der Waals surface area contributed by atoms with Crippen molar-refractivity contribution in [1.82, 2.24) is 0 Å². The molecule has 0 aromatic rings. The Hall–Kier alpha value is -0.390. The van der Waals surface area contributed by atoms with Crippen LogP contribution >= 0.6 is 0 Å². The maximum atomic E-state index is 9.80. The Kier molecular flexibility index (Phi) is 2.67. The molecule has 0 rings (SSSR count). The Bertz CT molecular complexity index is 169. The van der Waals surface area contributed by atoms with Gasteiger partial charge in [0, 0.05) is 6.54 Å². The van der Waals surface area contributed by atoms with Crippen LogP contribution in [-0.4, -0.2) is 19.5 Å². The van der Waals surface area contributed by atoms with Crippen LogP contribution in [0.2, 0.25) is 0 Å². The van der Waals surface area contributed by atoms with E-state index in [4.69, 9.17) is 10.3 Å². The summed E-state index contributed by atoms with van der Waals surface area (Å²) >= 11 is 0. The fraction of sp³-hybridized carbons (Fsp3) is 0.333. The van der Waals surface area contributed by atoms with Crippen LogP contribution in [0.25, 0.3) is 0 Å². The van der Waals surface area contributed by atoms with Crippen LogP contribution < -0.4 is 5.73 Å². The van der Waals surface area contributed by atoms with Crippen molar-refractivity contribution in [2.75, 3.05) is 6.54 Å². The SMILES string of the molecule is NC/C=C/S(=O)(=O)O. The summed E-state index contributed by atoms with van der Waals surface area (Å²) < 4.78 is 27.6. The molecule has 0 unspecified atom stereocenters. The molecule has 0 saturated carbocycles. The summed E-state index contributed by atoms with van der Waals surface area (Å²) in [5, 5.41) is 0.646. The van der Waals surface area contributed by atoms with Gasteiger partial charge in [-0.05, 0) is 0 Å². The molecular weight excluding hydrogens is 130 g/mol. The Morgan fingerprint density at radius 3 is 2.25 bits per heavy atom. The molecule has 5 heteroatoms. The van der Waals surface area contributed by atoms with Crippen LogP contribution in [0.15, 0.2) is 11.5 Å². The van der Waals surface area contributed by atoms with Crippen LogP contribution in [-0.2, 0) is 10.1 Å². The zero-order chi connectivity index (χ0) is 6.62. The number of hydrogen-bond donors (Lipinski definition) is 2. The summed E-state index contributed by atoms with van der Waals surface area (Å²) in [6.07, 6.45) is 1.15. The molecular formula is C3H7NO3S. The van der Waals surface area contributed by atoms with Gasteiger partial charge < -0.3 is 5.73 Å². The van der Waals surface area contributed by atoms with Gasteiger partial charge in [0.05, 0.1) is 5.41 Å². The molecule has 0 bridgehead atoms. The molecule has 0 spiro atoms. The van der Waals surface area contributed by atoms with E-state index in [1.807, 2.05) is 0 Å². The molecule has 8 heavy (non-hydrogen) atoms. The average Bonchev–Trinajstić information content (AvgIpc) is 1.59. The maximum absolute atomic E-state index is 9.80. The topological polar surface area (TPSA) is 80.4 Å². The molecule has 0 radical (unpaired) electrons. The third kappa shape index (κ3) is 5.61. The van der Waals surface area contributed by atoms with Gasteiger partial charge in [-0.2, -0.15) is 8.42 Å². The van der Waals surface area contributed by atoms with Gasteiger partial charge in [0.1, 0.15) is 0 Å². The van der Waals surface area contributed by atoms with Gasteiger partial charge in [-0.15, -0.1) is 0 Å². The summed E-state index contributed by atoms with van der Waals surface area (Å²) in [7, 11) is -3.95. The molecule has 0 fully saturated rings. The Balaban J connectivity index is 3.92. The lowest BCUT2D eigenvalue weighted by Gasteiger charge is -1.79. The quantitative estimate of drug-likeness (QED) is 0.495. The van der Waals surface area contributed by atoms with Gasteiger partial charge in [0.15, 0.2) is 0 Å². The molecule has 0 aromatic heterocycles. The fourth-order valence-corrected chi connectivity index (χ4v) is 0.531. The van der Waals surface area contributed by atoms with Crippen molar-refractivity contribution < 1.29 is 13.0 Å². The van der Waals surface area contributed by atoms with Crippen molar-refractivity contribution in [3.05, 3.63) is 11.5 Å². The van der Waals surface area contributed by atoms with E-state index in [1.54, 1.807) is 0 Å². The highest BCUT2D eigenvalue weighted by Crippen LogP contribution is 1.80. The molecule has 4 nitrogen and oxygen atoms in total. The zero-order valence-corrected chi connectivity index (χ0v) is 4.93. The van der Waals surface area contributed by atoms with Crippen molar-refractivity contribution in [2.24, 2.45) is 5.73 Å². The molecule has 0 aromatic carbocycles. The largest absolute Gasteiger partial charge is 0.327 e. The standard InChI is InChI=1S/C3H7NO3S/c4-2-1-3-8(5,6)7/h1,3H,2,4H2,(H,5,6,7)/b3-1+. The van der Waals surface area contributed by atoms with E-state index >= 15 is 0 Å². The highest BCUT2D eigenvalue weighted by Gasteiger charge is 1.91. The van der Waals surface area contributed by atoms with Gasteiger partial charge in [-0.25, -0.2) is 0 Å². The van der Waals surface area contributed by atoms with Gasteiger partial charge in [-0.3, -0.25) is 4.55 Å². The van der Waals surface area contributed by atoms with E-state index in [0.29, 0.717) is 5.41 Å². The van der Waals surface area contributed by atoms with Crippen molar-refractivity contribution in [2.45, 2.75) is 0 Å². The van der Waals surface area contributed by atoms with E-state index < -0.39 is 10.1 Å².